The Kier molecular flexibility index (Phi) is 3.38. The van der Waals surface area contributed by atoms with Gasteiger partial charge in [0.1, 0.15) is 5.76 Å². The van der Waals surface area contributed by atoms with Crippen LogP contribution in [0.2, 0.25) is 0 Å². The largest absolute Gasteiger partial charge is 0.468 e. The van der Waals surface area contributed by atoms with Crippen LogP contribution in [0.4, 0.5) is 0 Å². The molecule has 0 spiro atoms. The van der Waals surface area contributed by atoms with E-state index >= 15 is 0 Å². The predicted octanol–water partition coefficient (Wildman–Crippen LogP) is 3.15. The number of rotatable bonds is 5. The summed E-state index contributed by atoms with van der Waals surface area (Å²) in [5.41, 5.74) is 2.86. The van der Waals surface area contributed by atoms with Gasteiger partial charge in [-0.2, -0.15) is 0 Å². The Hall–Kier alpha value is -1.10. The van der Waals surface area contributed by atoms with Crippen LogP contribution in [0, 0.1) is 0 Å². The van der Waals surface area contributed by atoms with E-state index in [0.29, 0.717) is 0 Å². The van der Waals surface area contributed by atoms with E-state index in [1.54, 1.807) is 4.88 Å². The zero-order chi connectivity index (χ0) is 13.4. The van der Waals surface area contributed by atoms with Crippen LogP contribution < -0.4 is 5.32 Å². The van der Waals surface area contributed by atoms with E-state index in [2.05, 4.69) is 27.7 Å². The molecule has 0 atom stereocenters. The van der Waals surface area contributed by atoms with E-state index in [1.807, 2.05) is 17.6 Å². The summed E-state index contributed by atoms with van der Waals surface area (Å²) in [6, 6.07) is 5.14. The van der Waals surface area contributed by atoms with Crippen molar-refractivity contribution in [1.29, 1.82) is 0 Å². The second-order valence-electron chi connectivity index (χ2n) is 5.85. The molecular weight excluding hydrogens is 268 g/mol. The Balaban J connectivity index is 1.40. The Morgan fingerprint density at radius 3 is 3.20 bits per heavy atom. The first-order valence-electron chi connectivity index (χ1n) is 7.45. The van der Waals surface area contributed by atoms with Gasteiger partial charge in [-0.15, -0.1) is 11.3 Å². The normalized spacial score (nSPS) is 19.2. The summed E-state index contributed by atoms with van der Waals surface area (Å²) < 4.78 is 5.65. The van der Waals surface area contributed by atoms with Crippen LogP contribution >= 0.6 is 11.3 Å². The van der Waals surface area contributed by atoms with Gasteiger partial charge in [0, 0.05) is 36.1 Å². The van der Waals surface area contributed by atoms with Gasteiger partial charge in [-0.3, -0.25) is 4.90 Å². The summed E-state index contributed by atoms with van der Waals surface area (Å²) in [5, 5.41) is 5.76. The number of hydrogen-bond donors (Lipinski definition) is 1. The summed E-state index contributed by atoms with van der Waals surface area (Å²) in [5.74, 6) is 1.12. The minimum absolute atomic E-state index is 0.733. The standard InChI is InChI=1S/C16H20N2OS/c1-2-14(1)17-9-15-12(4-7-19-15)10-18-6-3-16-13(11-18)5-8-20-16/h4-5,7-8,14,17H,1-3,6,9-11H2. The maximum Gasteiger partial charge on any atom is 0.122 e. The molecular formula is C16H20N2OS. The minimum Gasteiger partial charge on any atom is -0.468 e. The molecule has 1 aliphatic carbocycles. The fourth-order valence-electron chi connectivity index (χ4n) is 2.87. The third kappa shape index (κ3) is 2.68. The maximum atomic E-state index is 5.65. The Labute approximate surface area is 123 Å². The van der Waals surface area contributed by atoms with Gasteiger partial charge in [0.15, 0.2) is 0 Å². The molecule has 106 valence electrons. The SMILES string of the molecule is c1cc(CN2CCc3sccc3C2)c(CNC2CC2)o1. The molecule has 4 rings (SSSR count). The van der Waals surface area contributed by atoms with E-state index in [0.717, 1.165) is 38.0 Å². The predicted molar refractivity (Wildman–Crippen MR) is 80.7 cm³/mol. The third-order valence-electron chi connectivity index (χ3n) is 4.25. The van der Waals surface area contributed by atoms with Gasteiger partial charge in [-0.1, -0.05) is 0 Å². The molecule has 1 aliphatic heterocycles. The van der Waals surface area contributed by atoms with Crippen molar-refractivity contribution >= 4 is 11.3 Å². The summed E-state index contributed by atoms with van der Waals surface area (Å²) >= 11 is 1.90. The highest BCUT2D eigenvalue weighted by Gasteiger charge is 2.22. The number of hydrogen-bond acceptors (Lipinski definition) is 4. The molecule has 3 nitrogen and oxygen atoms in total. The first kappa shape index (κ1) is 12.6. The zero-order valence-electron chi connectivity index (χ0n) is 11.6. The van der Waals surface area contributed by atoms with Crippen LogP contribution in [0.25, 0.3) is 0 Å². The van der Waals surface area contributed by atoms with Crippen molar-refractivity contribution in [3.8, 4) is 0 Å². The lowest BCUT2D eigenvalue weighted by atomic mass is 10.1. The molecule has 0 aromatic carbocycles. The molecule has 1 N–H and O–H groups in total. The van der Waals surface area contributed by atoms with Gasteiger partial charge in [0.2, 0.25) is 0 Å². The van der Waals surface area contributed by atoms with Crippen LogP contribution in [0.5, 0.6) is 0 Å². The number of furan rings is 1. The molecule has 0 radical (unpaired) electrons. The van der Waals surface area contributed by atoms with Gasteiger partial charge in [-0.25, -0.2) is 0 Å². The van der Waals surface area contributed by atoms with Crippen LogP contribution in [0.1, 0.15) is 34.6 Å². The topological polar surface area (TPSA) is 28.4 Å². The molecule has 2 aliphatic rings. The molecule has 2 aromatic rings. The highest BCUT2D eigenvalue weighted by Crippen LogP contribution is 2.26. The third-order valence-corrected chi connectivity index (χ3v) is 5.27. The van der Waals surface area contributed by atoms with E-state index in [9.17, 15) is 0 Å². The molecule has 1 saturated carbocycles. The fraction of sp³-hybridized carbons (Fsp3) is 0.500. The Morgan fingerprint density at radius 2 is 2.30 bits per heavy atom. The van der Waals surface area contributed by atoms with Gasteiger partial charge < -0.3 is 9.73 Å². The molecule has 2 aromatic heterocycles. The minimum atomic E-state index is 0.733. The monoisotopic (exact) mass is 288 g/mol. The molecule has 4 heteroatoms. The van der Waals surface area contributed by atoms with Crippen LogP contribution in [-0.2, 0) is 26.1 Å². The summed E-state index contributed by atoms with van der Waals surface area (Å²) in [7, 11) is 0. The second kappa shape index (κ2) is 5.35. The lowest BCUT2D eigenvalue weighted by Gasteiger charge is -2.26. The van der Waals surface area contributed by atoms with Crippen molar-refractivity contribution in [3.63, 3.8) is 0 Å². The molecule has 1 fully saturated rings. The Bertz CT molecular complexity index is 585. The maximum absolute atomic E-state index is 5.65. The first-order valence-corrected chi connectivity index (χ1v) is 8.32. The number of nitrogens with zero attached hydrogens (tertiary/aromatic N) is 1. The van der Waals surface area contributed by atoms with Crippen molar-refractivity contribution in [2.75, 3.05) is 6.54 Å². The van der Waals surface area contributed by atoms with Crippen molar-refractivity contribution < 1.29 is 4.42 Å². The van der Waals surface area contributed by atoms with Crippen LogP contribution in [-0.4, -0.2) is 17.5 Å². The van der Waals surface area contributed by atoms with Crippen molar-refractivity contribution in [1.82, 2.24) is 10.2 Å². The number of fused-ring (bicyclic) bond motifs is 1. The quantitative estimate of drug-likeness (QED) is 0.916. The molecule has 20 heavy (non-hydrogen) atoms. The molecule has 0 bridgehead atoms. The lowest BCUT2D eigenvalue weighted by Crippen LogP contribution is -2.29. The van der Waals surface area contributed by atoms with Crippen molar-refractivity contribution in [2.24, 2.45) is 0 Å². The van der Waals surface area contributed by atoms with Gasteiger partial charge >= 0.3 is 0 Å². The second-order valence-corrected chi connectivity index (χ2v) is 6.85. The van der Waals surface area contributed by atoms with Crippen LogP contribution in [0.3, 0.4) is 0 Å². The van der Waals surface area contributed by atoms with E-state index in [-0.39, 0.29) is 0 Å². The summed E-state index contributed by atoms with van der Waals surface area (Å²) in [6.45, 7) is 4.13. The van der Waals surface area contributed by atoms with Gasteiger partial charge in [0.25, 0.3) is 0 Å². The van der Waals surface area contributed by atoms with Crippen LogP contribution in [0.15, 0.2) is 28.2 Å². The van der Waals surface area contributed by atoms with Gasteiger partial charge in [-0.05, 0) is 42.3 Å². The Morgan fingerprint density at radius 1 is 1.35 bits per heavy atom. The lowest BCUT2D eigenvalue weighted by molar-refractivity contribution is 0.245. The summed E-state index contributed by atoms with van der Waals surface area (Å²) in [6.07, 6.45) is 5.67. The highest BCUT2D eigenvalue weighted by molar-refractivity contribution is 7.10. The van der Waals surface area contributed by atoms with Gasteiger partial charge in [0.05, 0.1) is 12.8 Å². The first-order chi connectivity index (χ1) is 9.88. The molecule has 0 saturated heterocycles. The summed E-state index contributed by atoms with van der Waals surface area (Å²) in [4.78, 5) is 4.10. The van der Waals surface area contributed by atoms with E-state index < -0.39 is 0 Å². The fourth-order valence-corrected chi connectivity index (χ4v) is 3.76. The average Bonchev–Trinajstić information content (AvgIpc) is 2.99. The molecule has 3 heterocycles. The number of thiophene rings is 1. The van der Waals surface area contributed by atoms with Crippen molar-refractivity contribution in [2.45, 2.75) is 44.9 Å². The zero-order valence-corrected chi connectivity index (χ0v) is 12.4. The molecule has 0 amide bonds. The van der Waals surface area contributed by atoms with E-state index in [4.69, 9.17) is 4.42 Å². The van der Waals surface area contributed by atoms with E-state index in [1.165, 1.54) is 30.4 Å². The highest BCUT2D eigenvalue weighted by atomic mass is 32.1. The van der Waals surface area contributed by atoms with Crippen molar-refractivity contribution in [3.05, 3.63) is 45.5 Å². The molecule has 0 unspecified atom stereocenters. The number of nitrogens with one attached hydrogen (secondary N) is 1. The average molecular weight is 288 g/mol. The smallest absolute Gasteiger partial charge is 0.122 e.